The molecule has 18 heavy (non-hydrogen) atoms. The summed E-state index contributed by atoms with van der Waals surface area (Å²) in [5, 5.41) is 1.31. The van der Waals surface area contributed by atoms with E-state index in [0.717, 1.165) is 6.42 Å². The lowest BCUT2D eigenvalue weighted by Crippen LogP contribution is -1.93. The van der Waals surface area contributed by atoms with Crippen LogP contribution in [-0.4, -0.2) is 4.98 Å². The van der Waals surface area contributed by atoms with Gasteiger partial charge in [-0.15, -0.1) is 22.9 Å². The Morgan fingerprint density at radius 2 is 1.89 bits per heavy atom. The van der Waals surface area contributed by atoms with Crippen molar-refractivity contribution < 1.29 is 0 Å². The molecule has 1 aromatic carbocycles. The van der Waals surface area contributed by atoms with Crippen LogP contribution in [0.25, 0.3) is 10.1 Å². The van der Waals surface area contributed by atoms with Gasteiger partial charge in [0.25, 0.3) is 0 Å². The van der Waals surface area contributed by atoms with Gasteiger partial charge in [-0.3, -0.25) is 4.98 Å². The highest BCUT2D eigenvalue weighted by atomic mass is 35.5. The number of benzene rings is 1. The number of halogens is 1. The molecule has 0 N–H and O–H groups in total. The highest BCUT2D eigenvalue weighted by Gasteiger charge is 2.12. The number of aromatic nitrogens is 1. The maximum atomic E-state index is 6.50. The molecule has 0 saturated heterocycles. The zero-order chi connectivity index (χ0) is 12.4. The second kappa shape index (κ2) is 5.09. The van der Waals surface area contributed by atoms with E-state index in [4.69, 9.17) is 11.6 Å². The number of hydrogen-bond acceptors (Lipinski definition) is 2. The molecule has 2 aromatic heterocycles. The van der Waals surface area contributed by atoms with Crippen LogP contribution >= 0.6 is 22.9 Å². The second-order valence-corrected chi connectivity index (χ2v) is 5.86. The molecular weight excluding hydrogens is 262 g/mol. The molecule has 1 nitrogen and oxygen atoms in total. The SMILES string of the molecule is ClC(Cc1ccncc1)c1cc2ccccc2s1. The van der Waals surface area contributed by atoms with Crippen LogP contribution in [0.2, 0.25) is 0 Å². The number of nitrogens with zero attached hydrogens (tertiary/aromatic N) is 1. The van der Waals surface area contributed by atoms with E-state index in [0.29, 0.717) is 0 Å². The van der Waals surface area contributed by atoms with Crippen LogP contribution in [0.4, 0.5) is 0 Å². The van der Waals surface area contributed by atoms with Gasteiger partial charge < -0.3 is 0 Å². The maximum Gasteiger partial charge on any atom is 0.0719 e. The summed E-state index contributed by atoms with van der Waals surface area (Å²) in [5.74, 6) is 0. The molecule has 90 valence electrons. The molecule has 0 amide bonds. The van der Waals surface area contributed by atoms with E-state index in [1.807, 2.05) is 24.5 Å². The molecular formula is C15H12ClNS. The molecule has 3 aromatic rings. The van der Waals surface area contributed by atoms with Crippen molar-refractivity contribution in [3.05, 3.63) is 65.3 Å². The van der Waals surface area contributed by atoms with Gasteiger partial charge in [0.15, 0.2) is 0 Å². The first-order valence-electron chi connectivity index (χ1n) is 5.84. The average Bonchev–Trinajstić information content (AvgIpc) is 2.84. The molecule has 2 heterocycles. The van der Waals surface area contributed by atoms with Gasteiger partial charge in [0, 0.05) is 22.0 Å². The molecule has 1 atom stereocenters. The molecule has 0 aliphatic carbocycles. The van der Waals surface area contributed by atoms with Crippen molar-refractivity contribution in [3.63, 3.8) is 0 Å². The summed E-state index contributed by atoms with van der Waals surface area (Å²) in [4.78, 5) is 5.25. The highest BCUT2D eigenvalue weighted by Crippen LogP contribution is 2.34. The number of rotatable bonds is 3. The predicted octanol–water partition coefficient (Wildman–Crippen LogP) is 4.82. The minimum atomic E-state index is 0.0322. The van der Waals surface area contributed by atoms with Gasteiger partial charge in [-0.05, 0) is 41.6 Å². The highest BCUT2D eigenvalue weighted by molar-refractivity contribution is 7.19. The van der Waals surface area contributed by atoms with E-state index < -0.39 is 0 Å². The van der Waals surface area contributed by atoms with Gasteiger partial charge in [-0.1, -0.05) is 18.2 Å². The van der Waals surface area contributed by atoms with Gasteiger partial charge in [0.2, 0.25) is 0 Å². The zero-order valence-electron chi connectivity index (χ0n) is 9.71. The minimum absolute atomic E-state index is 0.0322. The van der Waals surface area contributed by atoms with Crippen molar-refractivity contribution >= 4 is 33.0 Å². The van der Waals surface area contributed by atoms with E-state index in [1.54, 1.807) is 11.3 Å². The smallest absolute Gasteiger partial charge is 0.0719 e. The van der Waals surface area contributed by atoms with Gasteiger partial charge in [0.1, 0.15) is 0 Å². The number of pyridine rings is 1. The third-order valence-electron chi connectivity index (χ3n) is 2.92. The Morgan fingerprint density at radius 3 is 2.67 bits per heavy atom. The lowest BCUT2D eigenvalue weighted by Gasteiger charge is -2.06. The van der Waals surface area contributed by atoms with Crippen LogP contribution in [0.3, 0.4) is 0 Å². The van der Waals surface area contributed by atoms with Crippen LogP contribution < -0.4 is 0 Å². The van der Waals surface area contributed by atoms with Crippen molar-refractivity contribution in [2.75, 3.05) is 0 Å². The van der Waals surface area contributed by atoms with Crippen molar-refractivity contribution in [3.8, 4) is 0 Å². The van der Waals surface area contributed by atoms with Crippen molar-refractivity contribution in [1.82, 2.24) is 4.98 Å². The lowest BCUT2D eigenvalue weighted by molar-refractivity contribution is 0.936. The third-order valence-corrected chi connectivity index (χ3v) is 4.67. The quantitative estimate of drug-likeness (QED) is 0.624. The van der Waals surface area contributed by atoms with Crippen LogP contribution in [0.1, 0.15) is 15.8 Å². The first-order valence-corrected chi connectivity index (χ1v) is 7.09. The van der Waals surface area contributed by atoms with Crippen LogP contribution in [0.15, 0.2) is 54.9 Å². The summed E-state index contributed by atoms with van der Waals surface area (Å²) in [6, 6.07) is 14.6. The number of alkyl halides is 1. The fourth-order valence-corrected chi connectivity index (χ4v) is 3.40. The molecule has 0 saturated carbocycles. The molecule has 0 bridgehead atoms. The van der Waals surface area contributed by atoms with Crippen molar-refractivity contribution in [1.29, 1.82) is 0 Å². The molecule has 0 aliphatic heterocycles. The summed E-state index contributed by atoms with van der Waals surface area (Å²) < 4.78 is 1.30. The topological polar surface area (TPSA) is 12.9 Å². The molecule has 1 unspecified atom stereocenters. The summed E-state index contributed by atoms with van der Waals surface area (Å²) in [6.07, 6.45) is 4.46. The molecule has 3 heteroatoms. The molecule has 0 aliphatic rings. The number of hydrogen-bond donors (Lipinski definition) is 0. The Kier molecular flexibility index (Phi) is 3.31. The predicted molar refractivity (Wildman–Crippen MR) is 78.4 cm³/mol. The number of thiophene rings is 1. The Bertz CT molecular complexity index is 615. The van der Waals surface area contributed by atoms with Crippen molar-refractivity contribution in [2.45, 2.75) is 11.8 Å². The lowest BCUT2D eigenvalue weighted by atomic mass is 10.1. The maximum absolute atomic E-state index is 6.50. The van der Waals surface area contributed by atoms with E-state index >= 15 is 0 Å². The Hall–Kier alpha value is -1.38. The summed E-state index contributed by atoms with van der Waals surface area (Å²) in [7, 11) is 0. The zero-order valence-corrected chi connectivity index (χ0v) is 11.3. The summed E-state index contributed by atoms with van der Waals surface area (Å²) in [6.45, 7) is 0. The van der Waals surface area contributed by atoms with E-state index in [9.17, 15) is 0 Å². The van der Waals surface area contributed by atoms with Crippen LogP contribution in [0.5, 0.6) is 0 Å². The van der Waals surface area contributed by atoms with Crippen molar-refractivity contribution in [2.24, 2.45) is 0 Å². The standard InChI is InChI=1S/C15H12ClNS/c16-13(9-11-5-7-17-8-6-11)15-10-12-3-1-2-4-14(12)18-15/h1-8,10,13H,9H2. The fourth-order valence-electron chi connectivity index (χ4n) is 1.98. The third kappa shape index (κ3) is 2.40. The molecule has 3 rings (SSSR count). The normalized spacial score (nSPS) is 12.7. The molecule has 0 spiro atoms. The fraction of sp³-hybridized carbons (Fsp3) is 0.133. The molecule has 0 fully saturated rings. The van der Waals surface area contributed by atoms with Gasteiger partial charge in [-0.2, -0.15) is 0 Å². The van der Waals surface area contributed by atoms with E-state index in [1.165, 1.54) is 20.5 Å². The van der Waals surface area contributed by atoms with Gasteiger partial charge >= 0.3 is 0 Å². The first kappa shape index (κ1) is 11.7. The summed E-state index contributed by atoms with van der Waals surface area (Å²) >= 11 is 8.28. The Morgan fingerprint density at radius 1 is 1.11 bits per heavy atom. The van der Waals surface area contributed by atoms with E-state index in [2.05, 4.69) is 35.3 Å². The average molecular weight is 274 g/mol. The van der Waals surface area contributed by atoms with Gasteiger partial charge in [-0.25, -0.2) is 0 Å². The molecule has 0 radical (unpaired) electrons. The Balaban J connectivity index is 1.86. The second-order valence-electron chi connectivity index (χ2n) is 4.21. The summed E-state index contributed by atoms with van der Waals surface area (Å²) in [5.41, 5.74) is 1.22. The number of fused-ring (bicyclic) bond motifs is 1. The van der Waals surface area contributed by atoms with Gasteiger partial charge in [0.05, 0.1) is 5.38 Å². The monoisotopic (exact) mass is 273 g/mol. The Labute approximate surface area is 115 Å². The largest absolute Gasteiger partial charge is 0.265 e. The van der Waals surface area contributed by atoms with Crippen LogP contribution in [-0.2, 0) is 6.42 Å². The minimum Gasteiger partial charge on any atom is -0.265 e. The first-order chi connectivity index (χ1) is 8.83. The van der Waals surface area contributed by atoms with E-state index in [-0.39, 0.29) is 5.38 Å². The van der Waals surface area contributed by atoms with Crippen LogP contribution in [0, 0.1) is 0 Å².